The van der Waals surface area contributed by atoms with Crippen LogP contribution in [0, 0.1) is 11.8 Å². The van der Waals surface area contributed by atoms with E-state index in [2.05, 4.69) is 17.3 Å². The maximum absolute atomic E-state index is 5.40. The molecule has 2 aliphatic heterocycles. The van der Waals surface area contributed by atoms with E-state index in [4.69, 9.17) is 4.74 Å². The van der Waals surface area contributed by atoms with Crippen molar-refractivity contribution in [3.63, 3.8) is 0 Å². The van der Waals surface area contributed by atoms with Gasteiger partial charge in [0.05, 0.1) is 0 Å². The van der Waals surface area contributed by atoms with Gasteiger partial charge in [0.25, 0.3) is 0 Å². The largest absolute Gasteiger partial charge is 0.381 e. The summed E-state index contributed by atoms with van der Waals surface area (Å²) in [5, 5.41) is 3.43. The first-order chi connectivity index (χ1) is 7.84. The molecule has 2 rings (SSSR count). The number of piperidine rings is 1. The third kappa shape index (κ3) is 6.58. The summed E-state index contributed by atoms with van der Waals surface area (Å²) >= 11 is 0. The van der Waals surface area contributed by atoms with Crippen LogP contribution in [-0.4, -0.2) is 51.3 Å². The molecule has 18 heavy (non-hydrogen) atoms. The third-order valence-corrected chi connectivity index (χ3v) is 3.94. The molecule has 0 aromatic heterocycles. The van der Waals surface area contributed by atoms with Gasteiger partial charge in [-0.2, -0.15) is 0 Å². The van der Waals surface area contributed by atoms with Gasteiger partial charge in [0.1, 0.15) is 0 Å². The summed E-state index contributed by atoms with van der Waals surface area (Å²) in [6, 6.07) is 0. The molecule has 0 radical (unpaired) electrons. The lowest BCUT2D eigenvalue weighted by Crippen LogP contribution is -2.37. The Kier molecular flexibility index (Phi) is 10.5. The SMILES string of the molecule is CN(CC1CCNCC1)CC1CCOCC1.Cl.Cl. The Labute approximate surface area is 124 Å². The van der Waals surface area contributed by atoms with Crippen molar-refractivity contribution in [2.75, 3.05) is 46.4 Å². The minimum absolute atomic E-state index is 0. The van der Waals surface area contributed by atoms with E-state index in [1.807, 2.05) is 0 Å². The Morgan fingerprint density at radius 3 is 2.00 bits per heavy atom. The lowest BCUT2D eigenvalue weighted by molar-refractivity contribution is 0.0534. The van der Waals surface area contributed by atoms with Gasteiger partial charge in [-0.3, -0.25) is 0 Å². The zero-order valence-corrected chi connectivity index (χ0v) is 13.0. The predicted octanol–water partition coefficient (Wildman–Crippen LogP) is 2.19. The second-order valence-electron chi connectivity index (χ2n) is 5.47. The molecule has 0 aromatic carbocycles. The van der Waals surface area contributed by atoms with Crippen LogP contribution >= 0.6 is 24.8 Å². The summed E-state index contributed by atoms with van der Waals surface area (Å²) < 4.78 is 5.40. The van der Waals surface area contributed by atoms with Gasteiger partial charge in [0.15, 0.2) is 0 Å². The van der Waals surface area contributed by atoms with Gasteiger partial charge >= 0.3 is 0 Å². The lowest BCUT2D eigenvalue weighted by Gasteiger charge is -2.31. The first-order valence-corrected chi connectivity index (χ1v) is 6.81. The van der Waals surface area contributed by atoms with Gasteiger partial charge in [-0.25, -0.2) is 0 Å². The second-order valence-corrected chi connectivity index (χ2v) is 5.47. The molecule has 0 aliphatic carbocycles. The molecule has 2 fully saturated rings. The van der Waals surface area contributed by atoms with E-state index in [0.29, 0.717) is 0 Å². The van der Waals surface area contributed by atoms with Gasteiger partial charge in [-0.1, -0.05) is 0 Å². The summed E-state index contributed by atoms with van der Waals surface area (Å²) in [6.45, 7) is 6.95. The van der Waals surface area contributed by atoms with Gasteiger partial charge in [0.2, 0.25) is 0 Å². The highest BCUT2D eigenvalue weighted by molar-refractivity contribution is 5.85. The second kappa shape index (κ2) is 10.3. The summed E-state index contributed by atoms with van der Waals surface area (Å²) in [5.41, 5.74) is 0. The Morgan fingerprint density at radius 1 is 0.944 bits per heavy atom. The molecule has 0 spiro atoms. The average molecular weight is 299 g/mol. The van der Waals surface area contributed by atoms with E-state index in [1.165, 1.54) is 51.9 Å². The molecule has 110 valence electrons. The predicted molar refractivity (Wildman–Crippen MR) is 81.1 cm³/mol. The van der Waals surface area contributed by atoms with Crippen molar-refractivity contribution in [1.29, 1.82) is 0 Å². The van der Waals surface area contributed by atoms with Crippen LogP contribution in [0.25, 0.3) is 0 Å². The topological polar surface area (TPSA) is 24.5 Å². The van der Waals surface area contributed by atoms with E-state index in [-0.39, 0.29) is 24.8 Å². The molecule has 5 heteroatoms. The molecule has 3 nitrogen and oxygen atoms in total. The van der Waals surface area contributed by atoms with E-state index >= 15 is 0 Å². The van der Waals surface area contributed by atoms with Crippen molar-refractivity contribution in [3.05, 3.63) is 0 Å². The van der Waals surface area contributed by atoms with Crippen LogP contribution in [0.5, 0.6) is 0 Å². The first kappa shape index (κ1) is 18.5. The van der Waals surface area contributed by atoms with Gasteiger partial charge < -0.3 is 15.0 Å². The minimum Gasteiger partial charge on any atom is -0.381 e. The smallest absolute Gasteiger partial charge is 0.0469 e. The molecule has 1 N–H and O–H groups in total. The highest BCUT2D eigenvalue weighted by Crippen LogP contribution is 2.18. The maximum atomic E-state index is 5.40. The number of halogens is 2. The van der Waals surface area contributed by atoms with Gasteiger partial charge in [-0.05, 0) is 57.7 Å². The molecule has 0 amide bonds. The molecular weight excluding hydrogens is 271 g/mol. The number of ether oxygens (including phenoxy) is 1. The molecule has 0 aromatic rings. The molecule has 0 atom stereocenters. The van der Waals surface area contributed by atoms with E-state index in [0.717, 1.165) is 25.0 Å². The van der Waals surface area contributed by atoms with Crippen molar-refractivity contribution in [2.24, 2.45) is 11.8 Å². The Bertz CT molecular complexity index is 175. The quantitative estimate of drug-likeness (QED) is 0.861. The fraction of sp³-hybridized carbons (Fsp3) is 1.00. The standard InChI is InChI=1S/C13H26N2O.2ClH/c1-15(10-12-2-6-14-7-3-12)11-13-4-8-16-9-5-13;;/h12-14H,2-11H2,1H3;2*1H. The van der Waals surface area contributed by atoms with Crippen LogP contribution < -0.4 is 5.32 Å². The zero-order chi connectivity index (χ0) is 11.2. The van der Waals surface area contributed by atoms with Crippen LogP contribution in [0.3, 0.4) is 0 Å². The van der Waals surface area contributed by atoms with Crippen molar-refractivity contribution in [2.45, 2.75) is 25.7 Å². The Hall–Kier alpha value is 0.460. The number of nitrogens with one attached hydrogen (secondary N) is 1. The average Bonchev–Trinajstić information content (AvgIpc) is 2.31. The fourth-order valence-corrected chi connectivity index (χ4v) is 2.95. The van der Waals surface area contributed by atoms with E-state index in [9.17, 15) is 0 Å². The minimum atomic E-state index is 0. The molecule has 2 aliphatic rings. The monoisotopic (exact) mass is 298 g/mol. The van der Waals surface area contributed by atoms with Crippen LogP contribution in [0.4, 0.5) is 0 Å². The summed E-state index contributed by atoms with van der Waals surface area (Å²) in [5.74, 6) is 1.80. The van der Waals surface area contributed by atoms with Crippen LogP contribution in [0.2, 0.25) is 0 Å². The highest BCUT2D eigenvalue weighted by atomic mass is 35.5. The van der Waals surface area contributed by atoms with Crippen LogP contribution in [0.15, 0.2) is 0 Å². The molecule has 0 unspecified atom stereocenters. The highest BCUT2D eigenvalue weighted by Gasteiger charge is 2.19. The summed E-state index contributed by atoms with van der Waals surface area (Å²) in [4.78, 5) is 2.55. The number of rotatable bonds is 4. The van der Waals surface area contributed by atoms with Crippen molar-refractivity contribution in [3.8, 4) is 0 Å². The summed E-state index contributed by atoms with van der Waals surface area (Å²) in [7, 11) is 2.29. The normalized spacial score (nSPS) is 22.3. The van der Waals surface area contributed by atoms with E-state index in [1.54, 1.807) is 0 Å². The zero-order valence-electron chi connectivity index (χ0n) is 11.4. The number of hydrogen-bond donors (Lipinski definition) is 1. The molecule has 2 heterocycles. The maximum Gasteiger partial charge on any atom is 0.0469 e. The van der Waals surface area contributed by atoms with Gasteiger partial charge in [0, 0.05) is 26.3 Å². The van der Waals surface area contributed by atoms with Crippen molar-refractivity contribution < 1.29 is 4.74 Å². The fourth-order valence-electron chi connectivity index (χ4n) is 2.95. The van der Waals surface area contributed by atoms with Crippen molar-refractivity contribution in [1.82, 2.24) is 10.2 Å². The van der Waals surface area contributed by atoms with Gasteiger partial charge in [-0.15, -0.1) is 24.8 Å². The molecule has 0 saturated carbocycles. The number of nitrogens with zero attached hydrogens (tertiary/aromatic N) is 1. The van der Waals surface area contributed by atoms with Crippen LogP contribution in [0.1, 0.15) is 25.7 Å². The van der Waals surface area contributed by atoms with Crippen LogP contribution in [-0.2, 0) is 4.74 Å². The van der Waals surface area contributed by atoms with E-state index < -0.39 is 0 Å². The molecule has 2 saturated heterocycles. The summed E-state index contributed by atoms with van der Waals surface area (Å²) in [6.07, 6.45) is 5.24. The van der Waals surface area contributed by atoms with Crippen molar-refractivity contribution >= 4 is 24.8 Å². The third-order valence-electron chi connectivity index (χ3n) is 3.94. The Balaban J connectivity index is 0.00000144. The molecule has 0 bridgehead atoms. The first-order valence-electron chi connectivity index (χ1n) is 6.81. The number of hydrogen-bond acceptors (Lipinski definition) is 3. The Morgan fingerprint density at radius 2 is 1.44 bits per heavy atom. The molecular formula is C13H28Cl2N2O. The lowest BCUT2D eigenvalue weighted by atomic mass is 9.96.